The van der Waals surface area contributed by atoms with Gasteiger partial charge in [-0.1, -0.05) is 6.07 Å². The number of carboxylic acid groups (broad SMARTS) is 1. The van der Waals surface area contributed by atoms with E-state index in [2.05, 4.69) is 10.3 Å². The molecule has 3 aromatic rings. The fraction of sp³-hybridized carbons (Fsp3) is 0.367. The molecule has 1 aliphatic rings. The van der Waals surface area contributed by atoms with Crippen LogP contribution < -0.4 is 10.2 Å². The van der Waals surface area contributed by atoms with Crippen molar-refractivity contribution in [1.82, 2.24) is 10.3 Å². The van der Waals surface area contributed by atoms with Gasteiger partial charge in [0, 0.05) is 12.6 Å². The van der Waals surface area contributed by atoms with E-state index >= 15 is 0 Å². The lowest BCUT2D eigenvalue weighted by molar-refractivity contribution is -0.143. The monoisotopic (exact) mass is 611 g/mol. The fourth-order valence-corrected chi connectivity index (χ4v) is 5.21. The number of alkyl halides is 6. The molecule has 43 heavy (non-hydrogen) atoms. The van der Waals surface area contributed by atoms with E-state index in [1.807, 2.05) is 0 Å². The maximum Gasteiger partial charge on any atom is 0.416 e. The summed E-state index contributed by atoms with van der Waals surface area (Å²) >= 11 is 0. The van der Waals surface area contributed by atoms with Crippen LogP contribution in [0.15, 0.2) is 48.7 Å². The zero-order valence-corrected chi connectivity index (χ0v) is 23.5. The molecule has 2 atom stereocenters. The first-order valence-corrected chi connectivity index (χ1v) is 13.1. The number of hydrogen-bond donors (Lipinski definition) is 2. The average Bonchev–Trinajstić information content (AvgIpc) is 3.42. The minimum Gasteiger partial charge on any atom is -0.480 e. The molecule has 2 N–H and O–H groups in total. The molecule has 0 spiro atoms. The van der Waals surface area contributed by atoms with Crippen LogP contribution in [0, 0.1) is 12.7 Å². The van der Waals surface area contributed by atoms with Crippen LogP contribution in [0.4, 0.5) is 36.4 Å². The number of carbonyl (C=O) groups excluding carboxylic acids is 1. The highest BCUT2D eigenvalue weighted by Gasteiger charge is 2.41. The third-order valence-corrected chi connectivity index (χ3v) is 7.69. The van der Waals surface area contributed by atoms with Gasteiger partial charge in [0.25, 0.3) is 0 Å². The molecule has 0 aliphatic carbocycles. The number of nitrogens with zero attached hydrogens (tertiary/aromatic N) is 2. The van der Waals surface area contributed by atoms with Crippen molar-refractivity contribution in [2.75, 3.05) is 11.9 Å². The summed E-state index contributed by atoms with van der Waals surface area (Å²) in [7, 11) is 1.32. The molecule has 1 aliphatic heterocycles. The second kappa shape index (κ2) is 11.3. The normalized spacial score (nSPS) is 17.7. The highest BCUT2D eigenvalue weighted by molar-refractivity contribution is 6.03. The number of hydrogen-bond acceptors (Lipinski definition) is 4. The molecule has 1 amide bonds. The van der Waals surface area contributed by atoms with Crippen LogP contribution >= 0.6 is 0 Å². The van der Waals surface area contributed by atoms with Gasteiger partial charge in [0.05, 0.1) is 40.2 Å². The molecule has 0 bridgehead atoms. The van der Waals surface area contributed by atoms with Gasteiger partial charge in [0.2, 0.25) is 5.91 Å². The molecule has 4 rings (SSSR count). The van der Waals surface area contributed by atoms with Gasteiger partial charge in [-0.3, -0.25) is 19.9 Å². The number of amides is 1. The summed E-state index contributed by atoms with van der Waals surface area (Å²) in [6.45, 7) is 4.07. The van der Waals surface area contributed by atoms with Gasteiger partial charge in [-0.2, -0.15) is 26.3 Å². The Balaban J connectivity index is 1.81. The van der Waals surface area contributed by atoms with Gasteiger partial charge >= 0.3 is 18.3 Å². The van der Waals surface area contributed by atoms with Crippen molar-refractivity contribution in [3.8, 4) is 11.1 Å². The molecule has 2 heterocycles. The van der Waals surface area contributed by atoms with Gasteiger partial charge in [0.15, 0.2) is 0 Å². The Morgan fingerprint density at radius 3 is 2.00 bits per heavy atom. The van der Waals surface area contributed by atoms with Gasteiger partial charge in [-0.25, -0.2) is 4.39 Å². The minimum absolute atomic E-state index is 0.00218. The Kier molecular flexibility index (Phi) is 8.35. The SMILES string of the molecule is Cc1cc(F)ccc1-c1cc([C@@H]2CCC(C(=O)O)N2)ncc1N(C)C(=O)C(C)(C)c1cc(C(F)(F)F)cc(C(F)(F)F)c1. The number of benzene rings is 2. The molecule has 1 fully saturated rings. The van der Waals surface area contributed by atoms with Crippen molar-refractivity contribution in [3.05, 3.63) is 82.4 Å². The smallest absolute Gasteiger partial charge is 0.416 e. The minimum atomic E-state index is -5.10. The van der Waals surface area contributed by atoms with E-state index in [9.17, 15) is 45.4 Å². The van der Waals surface area contributed by atoms with Crippen LogP contribution in [0.1, 0.15) is 60.7 Å². The summed E-state index contributed by atoms with van der Waals surface area (Å²) in [6.07, 6.45) is -8.07. The van der Waals surface area contributed by atoms with E-state index < -0.39 is 64.2 Å². The molecule has 13 heteroatoms. The number of carboxylic acids is 1. The maximum absolute atomic E-state index is 14.0. The molecule has 1 saturated heterocycles. The number of carbonyl (C=O) groups is 2. The van der Waals surface area contributed by atoms with Crippen LogP contribution in [0.2, 0.25) is 0 Å². The second-order valence-electron chi connectivity index (χ2n) is 11.1. The number of aryl methyl sites for hydroxylation is 1. The van der Waals surface area contributed by atoms with Crippen LogP contribution in [0.3, 0.4) is 0 Å². The van der Waals surface area contributed by atoms with Crippen LogP contribution in [-0.4, -0.2) is 35.1 Å². The number of nitrogens with one attached hydrogen (secondary N) is 1. The first kappa shape index (κ1) is 31.9. The highest BCUT2D eigenvalue weighted by atomic mass is 19.4. The summed E-state index contributed by atoms with van der Waals surface area (Å²) in [5, 5.41) is 12.3. The molecule has 230 valence electrons. The zero-order chi connectivity index (χ0) is 32.1. The molecular weight excluding hydrogens is 583 g/mol. The first-order chi connectivity index (χ1) is 19.8. The molecule has 6 nitrogen and oxygen atoms in total. The summed E-state index contributed by atoms with van der Waals surface area (Å²) in [5.41, 5.74) is -3.49. The average molecular weight is 612 g/mol. The summed E-state index contributed by atoms with van der Waals surface area (Å²) in [6, 6.07) is 5.36. The predicted molar refractivity (Wildman–Crippen MR) is 144 cm³/mol. The van der Waals surface area contributed by atoms with Crippen LogP contribution in [-0.2, 0) is 27.4 Å². The number of likely N-dealkylation sites (N-methyl/N-ethyl adjacent to an activating group) is 1. The number of anilines is 1. The lowest BCUT2D eigenvalue weighted by Crippen LogP contribution is -2.42. The molecular formula is C30H28F7N3O3. The Morgan fingerprint density at radius 1 is 0.907 bits per heavy atom. The van der Waals surface area contributed by atoms with E-state index in [0.29, 0.717) is 47.4 Å². The number of aromatic nitrogens is 1. The van der Waals surface area contributed by atoms with E-state index in [1.54, 1.807) is 13.0 Å². The van der Waals surface area contributed by atoms with Crippen molar-refractivity contribution in [1.29, 1.82) is 0 Å². The molecule has 0 radical (unpaired) electrons. The van der Waals surface area contributed by atoms with Gasteiger partial charge in [0.1, 0.15) is 11.9 Å². The number of pyridine rings is 1. The van der Waals surface area contributed by atoms with Crippen molar-refractivity contribution in [2.24, 2.45) is 0 Å². The maximum atomic E-state index is 14.0. The topological polar surface area (TPSA) is 82.5 Å². The summed E-state index contributed by atoms with van der Waals surface area (Å²) in [5.74, 6) is -2.38. The Bertz CT molecular complexity index is 1540. The summed E-state index contributed by atoms with van der Waals surface area (Å²) < 4.78 is 95.3. The van der Waals surface area contributed by atoms with Gasteiger partial charge in [-0.05, 0) is 86.7 Å². The van der Waals surface area contributed by atoms with E-state index in [0.717, 1.165) is 4.90 Å². The number of aliphatic carboxylic acids is 1. The fourth-order valence-electron chi connectivity index (χ4n) is 5.21. The Labute approximate surface area is 242 Å². The van der Waals surface area contributed by atoms with Gasteiger partial charge < -0.3 is 10.0 Å². The first-order valence-electron chi connectivity index (χ1n) is 13.1. The second-order valence-corrected chi connectivity index (χ2v) is 11.1. The molecule has 1 aromatic heterocycles. The van der Waals surface area contributed by atoms with Crippen LogP contribution in [0.5, 0.6) is 0 Å². The zero-order valence-electron chi connectivity index (χ0n) is 23.5. The van der Waals surface area contributed by atoms with Crippen LogP contribution in [0.25, 0.3) is 11.1 Å². The Morgan fingerprint density at radius 2 is 1.49 bits per heavy atom. The predicted octanol–water partition coefficient (Wildman–Crippen LogP) is 7.05. The number of halogens is 7. The highest BCUT2D eigenvalue weighted by Crippen LogP contribution is 2.41. The van der Waals surface area contributed by atoms with E-state index in [1.165, 1.54) is 45.3 Å². The van der Waals surface area contributed by atoms with E-state index in [4.69, 9.17) is 0 Å². The van der Waals surface area contributed by atoms with Gasteiger partial charge in [-0.15, -0.1) is 0 Å². The lowest BCUT2D eigenvalue weighted by Gasteiger charge is -2.32. The van der Waals surface area contributed by atoms with E-state index in [-0.39, 0.29) is 11.8 Å². The molecule has 1 unspecified atom stereocenters. The third kappa shape index (κ3) is 6.51. The number of rotatable bonds is 6. The van der Waals surface area contributed by atoms with Crippen molar-refractivity contribution >= 4 is 17.6 Å². The standard InChI is InChI=1S/C30H28F7N3O3/c1-15-9-19(31)5-6-20(15)21-13-24(22-7-8-23(39-22)26(41)42)38-14-25(21)40(4)27(43)28(2,3)16-10-17(29(32,33)34)12-18(11-16)30(35,36)37/h5-6,9-14,22-23,39H,7-8H2,1-4H3,(H,41,42)/t22-,23?/m0/s1. The lowest BCUT2D eigenvalue weighted by atomic mass is 9.81. The summed E-state index contributed by atoms with van der Waals surface area (Å²) in [4.78, 5) is 30.8. The largest absolute Gasteiger partial charge is 0.480 e. The molecule has 2 aromatic carbocycles. The third-order valence-electron chi connectivity index (χ3n) is 7.69. The van der Waals surface area contributed by atoms with Crippen molar-refractivity contribution in [2.45, 2.75) is 63.5 Å². The quantitative estimate of drug-likeness (QED) is 0.292. The van der Waals surface area contributed by atoms with Crippen molar-refractivity contribution in [3.63, 3.8) is 0 Å². The Hall–Kier alpha value is -4.00. The van der Waals surface area contributed by atoms with Crippen molar-refractivity contribution < 1.29 is 45.4 Å². The molecule has 0 saturated carbocycles.